The number of ether oxygens (including phenoxy) is 1. The highest BCUT2D eigenvalue weighted by molar-refractivity contribution is 5.81. The summed E-state index contributed by atoms with van der Waals surface area (Å²) in [6.07, 6.45) is 11.8. The molecule has 0 aliphatic carbocycles. The van der Waals surface area contributed by atoms with Gasteiger partial charge < -0.3 is 15.8 Å². The van der Waals surface area contributed by atoms with Crippen LogP contribution in [-0.4, -0.2) is 32.2 Å². The van der Waals surface area contributed by atoms with E-state index in [-0.39, 0.29) is 11.9 Å². The van der Waals surface area contributed by atoms with Crippen molar-refractivity contribution in [2.45, 2.75) is 77.2 Å². The molecule has 0 bridgehead atoms. The van der Waals surface area contributed by atoms with Crippen LogP contribution in [0.15, 0.2) is 0 Å². The number of carbonyl (C=O) groups is 1. The van der Waals surface area contributed by atoms with E-state index in [0.717, 1.165) is 19.4 Å². The summed E-state index contributed by atoms with van der Waals surface area (Å²) >= 11 is 0. The Balaban J connectivity index is 3.30. The van der Waals surface area contributed by atoms with Crippen molar-refractivity contribution in [1.82, 2.24) is 5.32 Å². The average Bonchev–Trinajstić information content (AvgIpc) is 2.45. The molecule has 0 saturated heterocycles. The Bertz CT molecular complexity index is 223. The molecular weight excluding hydrogens is 252 g/mol. The number of nitrogens with two attached hydrogens (primary N) is 1. The molecule has 0 aromatic rings. The number of unbranched alkanes of at least 4 members (excludes halogenated alkanes) is 7. The molecule has 0 rings (SSSR count). The Morgan fingerprint density at radius 2 is 1.65 bits per heavy atom. The quantitative estimate of drug-likeness (QED) is 0.482. The highest BCUT2D eigenvalue weighted by Gasteiger charge is 2.11. The summed E-state index contributed by atoms with van der Waals surface area (Å²) in [5.74, 6) is -0.0240. The van der Waals surface area contributed by atoms with Crippen molar-refractivity contribution in [3.05, 3.63) is 0 Å². The normalized spacial score (nSPS) is 12.3. The zero-order valence-corrected chi connectivity index (χ0v) is 13.5. The zero-order chi connectivity index (χ0) is 15.1. The van der Waals surface area contributed by atoms with E-state index in [1.54, 1.807) is 7.11 Å². The second-order valence-electron chi connectivity index (χ2n) is 5.51. The summed E-state index contributed by atoms with van der Waals surface area (Å²) in [4.78, 5) is 11.7. The van der Waals surface area contributed by atoms with Gasteiger partial charge in [0.25, 0.3) is 0 Å². The minimum absolute atomic E-state index is 0.0240. The Hall–Kier alpha value is -0.610. The first-order valence-corrected chi connectivity index (χ1v) is 8.24. The maximum atomic E-state index is 11.7. The van der Waals surface area contributed by atoms with Gasteiger partial charge in [-0.2, -0.15) is 0 Å². The van der Waals surface area contributed by atoms with Crippen LogP contribution in [0.3, 0.4) is 0 Å². The van der Waals surface area contributed by atoms with Crippen LogP contribution in [0.5, 0.6) is 0 Å². The third kappa shape index (κ3) is 12.4. The van der Waals surface area contributed by atoms with Gasteiger partial charge in [-0.3, -0.25) is 4.79 Å². The molecule has 0 aliphatic heterocycles. The predicted octanol–water partition coefficient (Wildman–Crippen LogP) is 3.00. The highest BCUT2D eigenvalue weighted by atomic mass is 16.5. The molecule has 0 fully saturated rings. The first kappa shape index (κ1) is 19.4. The molecule has 120 valence electrons. The summed E-state index contributed by atoms with van der Waals surface area (Å²) in [6, 6.07) is -0.390. The maximum absolute atomic E-state index is 11.7. The van der Waals surface area contributed by atoms with E-state index in [9.17, 15) is 4.79 Å². The van der Waals surface area contributed by atoms with Crippen molar-refractivity contribution in [1.29, 1.82) is 0 Å². The van der Waals surface area contributed by atoms with Crippen LogP contribution in [-0.2, 0) is 9.53 Å². The van der Waals surface area contributed by atoms with E-state index >= 15 is 0 Å². The van der Waals surface area contributed by atoms with Crippen molar-refractivity contribution >= 4 is 5.91 Å². The first-order valence-electron chi connectivity index (χ1n) is 8.24. The highest BCUT2D eigenvalue weighted by Crippen LogP contribution is 2.07. The molecule has 1 unspecified atom stereocenters. The molecule has 0 aromatic carbocycles. The van der Waals surface area contributed by atoms with E-state index < -0.39 is 0 Å². The Morgan fingerprint density at radius 1 is 1.05 bits per heavy atom. The van der Waals surface area contributed by atoms with E-state index in [2.05, 4.69) is 12.2 Å². The molecule has 0 radical (unpaired) electrons. The van der Waals surface area contributed by atoms with Gasteiger partial charge in [-0.05, 0) is 19.3 Å². The molecule has 1 atom stereocenters. The molecule has 20 heavy (non-hydrogen) atoms. The number of hydrogen-bond acceptors (Lipinski definition) is 3. The lowest BCUT2D eigenvalue weighted by Gasteiger charge is -2.11. The maximum Gasteiger partial charge on any atom is 0.236 e. The van der Waals surface area contributed by atoms with Crippen LogP contribution in [0.25, 0.3) is 0 Å². The summed E-state index contributed by atoms with van der Waals surface area (Å²) in [5.41, 5.74) is 5.80. The Kier molecular flexibility index (Phi) is 14.3. The van der Waals surface area contributed by atoms with Gasteiger partial charge in [0.2, 0.25) is 5.91 Å². The Labute approximate surface area is 124 Å². The fourth-order valence-corrected chi connectivity index (χ4v) is 2.18. The largest absolute Gasteiger partial charge is 0.385 e. The van der Waals surface area contributed by atoms with Gasteiger partial charge in [0.05, 0.1) is 6.04 Å². The summed E-state index contributed by atoms with van der Waals surface area (Å²) in [7, 11) is 1.66. The molecule has 0 heterocycles. The molecule has 0 aliphatic rings. The molecule has 3 N–H and O–H groups in total. The van der Waals surface area contributed by atoms with Gasteiger partial charge in [-0.25, -0.2) is 0 Å². The lowest BCUT2D eigenvalue weighted by molar-refractivity contribution is -0.122. The molecule has 0 aromatic heterocycles. The smallest absolute Gasteiger partial charge is 0.236 e. The van der Waals surface area contributed by atoms with Gasteiger partial charge in [-0.1, -0.05) is 51.9 Å². The third-order valence-corrected chi connectivity index (χ3v) is 3.53. The van der Waals surface area contributed by atoms with E-state index in [1.807, 2.05) is 0 Å². The van der Waals surface area contributed by atoms with E-state index in [0.29, 0.717) is 13.0 Å². The molecule has 0 spiro atoms. The third-order valence-electron chi connectivity index (χ3n) is 3.53. The van der Waals surface area contributed by atoms with Crippen molar-refractivity contribution in [2.24, 2.45) is 5.73 Å². The van der Waals surface area contributed by atoms with Crippen molar-refractivity contribution in [2.75, 3.05) is 20.3 Å². The van der Waals surface area contributed by atoms with Crippen LogP contribution in [0.4, 0.5) is 0 Å². The predicted molar refractivity (Wildman–Crippen MR) is 84.7 cm³/mol. The summed E-state index contributed by atoms with van der Waals surface area (Å²) < 4.78 is 4.95. The molecular formula is C16H34N2O2. The van der Waals surface area contributed by atoms with Gasteiger partial charge in [0.1, 0.15) is 0 Å². The second-order valence-corrected chi connectivity index (χ2v) is 5.51. The first-order chi connectivity index (χ1) is 9.72. The molecule has 1 amide bonds. The van der Waals surface area contributed by atoms with E-state index in [4.69, 9.17) is 10.5 Å². The topological polar surface area (TPSA) is 64.4 Å². The lowest BCUT2D eigenvalue weighted by atomic mass is 10.1. The Morgan fingerprint density at radius 3 is 2.25 bits per heavy atom. The number of amides is 1. The van der Waals surface area contributed by atoms with Gasteiger partial charge in [0, 0.05) is 20.3 Å². The number of methoxy groups -OCH3 is 1. The van der Waals surface area contributed by atoms with Gasteiger partial charge in [0.15, 0.2) is 0 Å². The minimum atomic E-state index is -0.390. The van der Waals surface area contributed by atoms with Crippen LogP contribution < -0.4 is 11.1 Å². The lowest BCUT2D eigenvalue weighted by Crippen LogP contribution is -2.41. The molecule has 0 saturated carbocycles. The van der Waals surface area contributed by atoms with Crippen LogP contribution in [0, 0.1) is 0 Å². The second kappa shape index (κ2) is 14.8. The number of rotatable bonds is 14. The summed E-state index contributed by atoms with van der Waals surface area (Å²) in [6.45, 7) is 3.66. The minimum Gasteiger partial charge on any atom is -0.385 e. The van der Waals surface area contributed by atoms with Crippen molar-refractivity contribution in [3.8, 4) is 0 Å². The van der Waals surface area contributed by atoms with Crippen LogP contribution in [0.1, 0.15) is 71.1 Å². The van der Waals surface area contributed by atoms with E-state index in [1.165, 1.54) is 44.9 Å². The number of hydrogen-bond donors (Lipinski definition) is 2. The zero-order valence-electron chi connectivity index (χ0n) is 13.5. The standard InChI is InChI=1S/C16H34N2O2/c1-3-4-5-6-7-8-9-10-13-18-16(19)15(17)12-11-14-20-2/h15H,3-14,17H2,1-2H3,(H,18,19). The van der Waals surface area contributed by atoms with Crippen molar-refractivity contribution < 1.29 is 9.53 Å². The average molecular weight is 286 g/mol. The number of carbonyl (C=O) groups excluding carboxylic acids is 1. The van der Waals surface area contributed by atoms with Crippen molar-refractivity contribution in [3.63, 3.8) is 0 Å². The fourth-order valence-electron chi connectivity index (χ4n) is 2.18. The molecule has 4 heteroatoms. The van der Waals surface area contributed by atoms with Crippen LogP contribution >= 0.6 is 0 Å². The van der Waals surface area contributed by atoms with Gasteiger partial charge in [-0.15, -0.1) is 0 Å². The number of nitrogens with one attached hydrogen (secondary N) is 1. The SMILES string of the molecule is CCCCCCCCCCNC(=O)C(N)CCCOC. The van der Waals surface area contributed by atoms with Gasteiger partial charge >= 0.3 is 0 Å². The monoisotopic (exact) mass is 286 g/mol. The van der Waals surface area contributed by atoms with Crippen LogP contribution in [0.2, 0.25) is 0 Å². The summed E-state index contributed by atoms with van der Waals surface area (Å²) in [5, 5.41) is 2.92. The molecule has 4 nitrogen and oxygen atoms in total. The fraction of sp³-hybridized carbons (Fsp3) is 0.938.